The van der Waals surface area contributed by atoms with Gasteiger partial charge in [0.25, 0.3) is 5.91 Å². The maximum absolute atomic E-state index is 11.9. The molecule has 0 aliphatic carbocycles. The first kappa shape index (κ1) is 15.4. The lowest BCUT2D eigenvalue weighted by atomic mass is 10.2. The quantitative estimate of drug-likeness (QED) is 0.676. The molecule has 2 aromatic rings. The van der Waals surface area contributed by atoms with Gasteiger partial charge < -0.3 is 10.1 Å². The molecule has 1 heterocycles. The zero-order valence-corrected chi connectivity index (χ0v) is 12.0. The van der Waals surface area contributed by atoms with Gasteiger partial charge in [0.1, 0.15) is 5.69 Å². The fraction of sp³-hybridized carbons (Fsp3) is 0.125. The molecular formula is C16H15N3O3. The molecule has 112 valence electrons. The van der Waals surface area contributed by atoms with Crippen LogP contribution in [0.4, 0.5) is 5.69 Å². The third kappa shape index (κ3) is 4.52. The van der Waals surface area contributed by atoms with Crippen molar-refractivity contribution in [3.63, 3.8) is 0 Å². The van der Waals surface area contributed by atoms with Crippen molar-refractivity contribution in [2.75, 3.05) is 11.9 Å². The van der Waals surface area contributed by atoms with Crippen molar-refractivity contribution in [2.45, 2.75) is 6.92 Å². The number of esters is 1. The topological polar surface area (TPSA) is 81.2 Å². The Bertz CT molecular complexity index is 667. The highest BCUT2D eigenvalue weighted by Gasteiger charge is 2.06. The van der Waals surface area contributed by atoms with Gasteiger partial charge in [-0.1, -0.05) is 12.1 Å². The number of nitrogens with one attached hydrogen (secondary N) is 1. The zero-order valence-electron chi connectivity index (χ0n) is 12.0. The van der Waals surface area contributed by atoms with E-state index in [9.17, 15) is 9.59 Å². The molecule has 0 fully saturated rings. The van der Waals surface area contributed by atoms with Crippen LogP contribution < -0.4 is 5.32 Å². The normalized spacial score (nSPS) is 10.4. The fourth-order valence-corrected chi connectivity index (χ4v) is 1.64. The first-order chi connectivity index (χ1) is 10.7. The van der Waals surface area contributed by atoms with Crippen molar-refractivity contribution in [1.29, 1.82) is 0 Å². The van der Waals surface area contributed by atoms with Crippen molar-refractivity contribution >= 4 is 23.6 Å². The molecule has 2 rings (SSSR count). The molecule has 1 aromatic carbocycles. The third-order valence-corrected chi connectivity index (χ3v) is 2.66. The molecule has 6 heteroatoms. The van der Waals surface area contributed by atoms with Crippen molar-refractivity contribution in [1.82, 2.24) is 9.97 Å². The van der Waals surface area contributed by atoms with Gasteiger partial charge in [0.15, 0.2) is 0 Å². The standard InChI is InChI=1S/C16H15N3O3/c1-2-22-15(20)8-5-12-3-6-13(7-4-12)19-16(21)14-11-17-9-10-18-14/h3-11H,2H2,1H3,(H,19,21)/b8-5+. The van der Waals surface area contributed by atoms with Crippen LogP contribution in [0.5, 0.6) is 0 Å². The predicted octanol–water partition coefficient (Wildman–Crippen LogP) is 2.31. The molecule has 1 N–H and O–H groups in total. The minimum absolute atomic E-state index is 0.244. The Hall–Kier alpha value is -3.02. The number of benzene rings is 1. The molecule has 0 atom stereocenters. The van der Waals surface area contributed by atoms with Crippen LogP contribution in [0.15, 0.2) is 48.9 Å². The molecule has 1 aromatic heterocycles. The van der Waals surface area contributed by atoms with Crippen LogP contribution in [0, 0.1) is 0 Å². The average Bonchev–Trinajstić information content (AvgIpc) is 2.55. The van der Waals surface area contributed by atoms with Crippen molar-refractivity contribution in [3.8, 4) is 0 Å². The van der Waals surface area contributed by atoms with E-state index in [2.05, 4.69) is 15.3 Å². The molecular weight excluding hydrogens is 282 g/mol. The lowest BCUT2D eigenvalue weighted by molar-refractivity contribution is -0.137. The van der Waals surface area contributed by atoms with Gasteiger partial charge in [0.05, 0.1) is 12.8 Å². The fourth-order valence-electron chi connectivity index (χ4n) is 1.64. The number of nitrogens with zero attached hydrogens (tertiary/aromatic N) is 2. The van der Waals surface area contributed by atoms with Gasteiger partial charge in [-0.05, 0) is 30.7 Å². The van der Waals surface area contributed by atoms with Crippen LogP contribution in [0.3, 0.4) is 0 Å². The van der Waals surface area contributed by atoms with Crippen molar-refractivity contribution in [2.24, 2.45) is 0 Å². The van der Waals surface area contributed by atoms with Gasteiger partial charge in [-0.2, -0.15) is 0 Å². The van der Waals surface area contributed by atoms with Gasteiger partial charge in [-0.25, -0.2) is 9.78 Å². The second kappa shape index (κ2) is 7.68. The Morgan fingerprint density at radius 2 is 2.00 bits per heavy atom. The molecule has 0 spiro atoms. The summed E-state index contributed by atoms with van der Waals surface area (Å²) in [6, 6.07) is 7.03. The second-order valence-corrected chi connectivity index (χ2v) is 4.25. The smallest absolute Gasteiger partial charge is 0.330 e. The molecule has 0 bridgehead atoms. The molecule has 6 nitrogen and oxygen atoms in total. The Labute approximate surface area is 127 Å². The van der Waals surface area contributed by atoms with Gasteiger partial charge >= 0.3 is 5.97 Å². The van der Waals surface area contributed by atoms with E-state index in [4.69, 9.17) is 4.74 Å². The summed E-state index contributed by atoms with van der Waals surface area (Å²) >= 11 is 0. The maximum Gasteiger partial charge on any atom is 0.330 e. The van der Waals surface area contributed by atoms with Crippen molar-refractivity contribution in [3.05, 3.63) is 60.2 Å². The van der Waals surface area contributed by atoms with Gasteiger partial charge in [-0.15, -0.1) is 0 Å². The van der Waals surface area contributed by atoms with Gasteiger partial charge in [0, 0.05) is 24.2 Å². The summed E-state index contributed by atoms with van der Waals surface area (Å²) in [5.41, 5.74) is 1.70. The van der Waals surface area contributed by atoms with Crippen LogP contribution >= 0.6 is 0 Å². The molecule has 0 aliphatic heterocycles. The summed E-state index contributed by atoms with van der Waals surface area (Å²) in [5.74, 6) is -0.717. The van der Waals surface area contributed by atoms with Crippen LogP contribution in [0.1, 0.15) is 23.0 Å². The van der Waals surface area contributed by atoms with E-state index in [1.807, 2.05) is 0 Å². The van der Waals surface area contributed by atoms with E-state index in [1.54, 1.807) is 37.3 Å². The number of amides is 1. The predicted molar refractivity (Wildman–Crippen MR) is 82.1 cm³/mol. The van der Waals surface area contributed by atoms with Crippen LogP contribution in [-0.2, 0) is 9.53 Å². The average molecular weight is 297 g/mol. The lowest BCUT2D eigenvalue weighted by Gasteiger charge is -2.04. The number of carbonyl (C=O) groups is 2. The molecule has 0 aliphatic rings. The summed E-state index contributed by atoms with van der Waals surface area (Å²) in [7, 11) is 0. The highest BCUT2D eigenvalue weighted by Crippen LogP contribution is 2.11. The van der Waals surface area contributed by atoms with Crippen LogP contribution in [0.2, 0.25) is 0 Å². The molecule has 1 amide bonds. The molecule has 0 saturated carbocycles. The number of ether oxygens (including phenoxy) is 1. The highest BCUT2D eigenvalue weighted by atomic mass is 16.5. The van der Waals surface area contributed by atoms with Crippen LogP contribution in [-0.4, -0.2) is 28.5 Å². The van der Waals surface area contributed by atoms with E-state index >= 15 is 0 Å². The molecule has 0 unspecified atom stereocenters. The number of aromatic nitrogens is 2. The Balaban J connectivity index is 1.97. The molecule has 0 radical (unpaired) electrons. The summed E-state index contributed by atoms with van der Waals surface area (Å²) in [5, 5.41) is 2.71. The SMILES string of the molecule is CCOC(=O)/C=C/c1ccc(NC(=O)c2cnccn2)cc1. The summed E-state index contributed by atoms with van der Waals surface area (Å²) in [6.07, 6.45) is 7.36. The van der Waals surface area contributed by atoms with Crippen molar-refractivity contribution < 1.29 is 14.3 Å². The zero-order chi connectivity index (χ0) is 15.8. The second-order valence-electron chi connectivity index (χ2n) is 4.25. The minimum Gasteiger partial charge on any atom is -0.463 e. The summed E-state index contributed by atoms with van der Waals surface area (Å²) < 4.78 is 4.79. The Morgan fingerprint density at radius 3 is 2.64 bits per heavy atom. The largest absolute Gasteiger partial charge is 0.463 e. The maximum atomic E-state index is 11.9. The van der Waals surface area contributed by atoms with E-state index in [0.29, 0.717) is 12.3 Å². The number of anilines is 1. The third-order valence-electron chi connectivity index (χ3n) is 2.66. The number of rotatable bonds is 5. The first-order valence-electron chi connectivity index (χ1n) is 6.71. The number of hydrogen-bond donors (Lipinski definition) is 1. The summed E-state index contributed by atoms with van der Waals surface area (Å²) in [4.78, 5) is 30.9. The van der Waals surface area contributed by atoms with E-state index in [-0.39, 0.29) is 17.6 Å². The molecule has 22 heavy (non-hydrogen) atoms. The highest BCUT2D eigenvalue weighted by molar-refractivity contribution is 6.02. The van der Waals surface area contributed by atoms with E-state index in [0.717, 1.165) is 5.56 Å². The molecule has 0 saturated heterocycles. The van der Waals surface area contributed by atoms with E-state index in [1.165, 1.54) is 24.7 Å². The number of hydrogen-bond acceptors (Lipinski definition) is 5. The Kier molecular flexibility index (Phi) is 5.37. The minimum atomic E-state index is -0.387. The Morgan fingerprint density at radius 1 is 1.23 bits per heavy atom. The monoisotopic (exact) mass is 297 g/mol. The van der Waals surface area contributed by atoms with Crippen LogP contribution in [0.25, 0.3) is 6.08 Å². The van der Waals surface area contributed by atoms with Gasteiger partial charge in [0.2, 0.25) is 0 Å². The number of carbonyl (C=O) groups excluding carboxylic acids is 2. The first-order valence-corrected chi connectivity index (χ1v) is 6.71. The summed E-state index contributed by atoms with van der Waals surface area (Å²) in [6.45, 7) is 2.09. The lowest BCUT2D eigenvalue weighted by Crippen LogP contribution is -2.13. The van der Waals surface area contributed by atoms with Gasteiger partial charge in [-0.3, -0.25) is 9.78 Å². The van der Waals surface area contributed by atoms with E-state index < -0.39 is 0 Å².